The van der Waals surface area contributed by atoms with Crippen molar-refractivity contribution < 1.29 is 17.5 Å². The highest BCUT2D eigenvalue weighted by molar-refractivity contribution is 7.91. The molecule has 140 valence electrons. The highest BCUT2D eigenvalue weighted by atomic mass is 32.2. The van der Waals surface area contributed by atoms with E-state index < -0.39 is 15.7 Å². The van der Waals surface area contributed by atoms with Gasteiger partial charge in [0, 0.05) is 17.2 Å². The van der Waals surface area contributed by atoms with E-state index in [9.17, 15) is 12.8 Å². The van der Waals surface area contributed by atoms with E-state index >= 15 is 0 Å². The zero-order chi connectivity index (χ0) is 19.0. The molecule has 1 fully saturated rings. The van der Waals surface area contributed by atoms with Gasteiger partial charge in [0.1, 0.15) is 11.6 Å². The Hall–Kier alpha value is -2.67. The van der Waals surface area contributed by atoms with Crippen molar-refractivity contribution in [2.24, 2.45) is 0 Å². The Morgan fingerprint density at radius 3 is 2.63 bits per heavy atom. The van der Waals surface area contributed by atoms with Crippen LogP contribution in [0.4, 0.5) is 4.39 Å². The van der Waals surface area contributed by atoms with Crippen molar-refractivity contribution >= 4 is 9.84 Å². The summed E-state index contributed by atoms with van der Waals surface area (Å²) in [5.41, 5.74) is 3.03. The summed E-state index contributed by atoms with van der Waals surface area (Å²) in [6.45, 7) is 0. The monoisotopic (exact) mass is 386 g/mol. The van der Waals surface area contributed by atoms with Gasteiger partial charge < -0.3 is 9.30 Å². The maximum Gasteiger partial charge on any atom is 0.152 e. The van der Waals surface area contributed by atoms with Crippen molar-refractivity contribution in [1.82, 2.24) is 9.55 Å². The van der Waals surface area contributed by atoms with E-state index in [1.54, 1.807) is 12.4 Å². The zero-order valence-electron chi connectivity index (χ0n) is 14.8. The van der Waals surface area contributed by atoms with Crippen LogP contribution in [0, 0.1) is 5.82 Å². The Morgan fingerprint density at radius 2 is 1.96 bits per heavy atom. The standard InChI is InChI=1S/C20H19FN2O3S/c1-26-18-11-15(21)7-8-17(18)20-19(14-5-3-2-4-6-14)22-13-23(20)16-9-10-27(24,25)12-16/h2-8,11,13,16H,9-10,12H2,1H3/t16-/m1/s1. The van der Waals surface area contributed by atoms with Crippen molar-refractivity contribution in [2.45, 2.75) is 12.5 Å². The number of hydrogen-bond donors (Lipinski definition) is 0. The van der Waals surface area contributed by atoms with E-state index in [4.69, 9.17) is 4.74 Å². The summed E-state index contributed by atoms with van der Waals surface area (Å²) in [6.07, 6.45) is 2.20. The Kier molecular flexibility index (Phi) is 4.47. The average molecular weight is 386 g/mol. The van der Waals surface area contributed by atoms with Gasteiger partial charge in [-0.3, -0.25) is 0 Å². The first kappa shape index (κ1) is 17.7. The third-order valence-corrected chi connectivity index (χ3v) is 6.61. The molecule has 1 saturated heterocycles. The first-order valence-electron chi connectivity index (χ1n) is 8.65. The Labute approximate surface area is 157 Å². The lowest BCUT2D eigenvalue weighted by Gasteiger charge is -2.17. The normalized spacial score (nSPS) is 18.5. The van der Waals surface area contributed by atoms with Gasteiger partial charge in [0.2, 0.25) is 0 Å². The molecular weight excluding hydrogens is 367 g/mol. The first-order chi connectivity index (χ1) is 13.0. The summed E-state index contributed by atoms with van der Waals surface area (Å²) >= 11 is 0. The maximum atomic E-state index is 13.7. The molecule has 0 unspecified atom stereocenters. The molecule has 0 saturated carbocycles. The summed E-state index contributed by atoms with van der Waals surface area (Å²) in [5.74, 6) is 0.228. The van der Waals surface area contributed by atoms with Crippen LogP contribution < -0.4 is 4.74 Å². The minimum absolute atomic E-state index is 0.0775. The van der Waals surface area contributed by atoms with Crippen LogP contribution in [-0.4, -0.2) is 36.6 Å². The van der Waals surface area contributed by atoms with Gasteiger partial charge >= 0.3 is 0 Å². The highest BCUT2D eigenvalue weighted by Crippen LogP contribution is 2.40. The van der Waals surface area contributed by atoms with Crippen LogP contribution in [0.15, 0.2) is 54.9 Å². The van der Waals surface area contributed by atoms with Gasteiger partial charge in [0.25, 0.3) is 0 Å². The molecule has 0 amide bonds. The number of ether oxygens (including phenoxy) is 1. The third-order valence-electron chi connectivity index (χ3n) is 4.86. The number of sulfone groups is 1. The molecule has 0 bridgehead atoms. The minimum atomic E-state index is -3.06. The maximum absolute atomic E-state index is 13.7. The van der Waals surface area contributed by atoms with Crippen LogP contribution in [0.1, 0.15) is 12.5 Å². The molecule has 0 spiro atoms. The van der Waals surface area contributed by atoms with Gasteiger partial charge in [0.15, 0.2) is 9.84 Å². The molecule has 7 heteroatoms. The van der Waals surface area contributed by atoms with E-state index in [0.29, 0.717) is 23.4 Å². The van der Waals surface area contributed by atoms with Crippen molar-refractivity contribution in [2.75, 3.05) is 18.6 Å². The van der Waals surface area contributed by atoms with Crippen LogP contribution in [-0.2, 0) is 9.84 Å². The Bertz CT molecular complexity index is 1080. The second kappa shape index (κ2) is 6.81. The molecule has 5 nitrogen and oxygen atoms in total. The molecule has 0 aliphatic carbocycles. The number of benzene rings is 2. The van der Waals surface area contributed by atoms with Gasteiger partial charge in [-0.25, -0.2) is 17.8 Å². The summed E-state index contributed by atoms with van der Waals surface area (Å²) in [4.78, 5) is 4.57. The van der Waals surface area contributed by atoms with Crippen LogP contribution in [0.2, 0.25) is 0 Å². The van der Waals surface area contributed by atoms with Crippen LogP contribution >= 0.6 is 0 Å². The number of imidazole rings is 1. The lowest BCUT2D eigenvalue weighted by molar-refractivity contribution is 0.412. The predicted octanol–water partition coefficient (Wildman–Crippen LogP) is 3.72. The molecule has 1 aromatic heterocycles. The van der Waals surface area contributed by atoms with E-state index in [0.717, 1.165) is 11.3 Å². The molecule has 0 radical (unpaired) electrons. The molecule has 0 N–H and O–H groups in total. The summed E-state index contributed by atoms with van der Waals surface area (Å²) in [6, 6.07) is 13.8. The average Bonchev–Trinajstić information content (AvgIpc) is 3.25. The van der Waals surface area contributed by atoms with E-state index in [-0.39, 0.29) is 17.5 Å². The van der Waals surface area contributed by atoms with Gasteiger partial charge in [-0.2, -0.15) is 0 Å². The molecule has 2 heterocycles. The highest BCUT2D eigenvalue weighted by Gasteiger charge is 2.32. The predicted molar refractivity (Wildman–Crippen MR) is 102 cm³/mol. The van der Waals surface area contributed by atoms with Gasteiger partial charge in [0.05, 0.1) is 42.4 Å². The van der Waals surface area contributed by atoms with Crippen molar-refractivity contribution in [1.29, 1.82) is 0 Å². The first-order valence-corrected chi connectivity index (χ1v) is 10.5. The van der Waals surface area contributed by atoms with Crippen LogP contribution in [0.25, 0.3) is 22.5 Å². The van der Waals surface area contributed by atoms with Crippen molar-refractivity contribution in [3.63, 3.8) is 0 Å². The molecule has 1 atom stereocenters. The quantitative estimate of drug-likeness (QED) is 0.686. The van der Waals surface area contributed by atoms with Crippen molar-refractivity contribution in [3.05, 3.63) is 60.7 Å². The van der Waals surface area contributed by atoms with E-state index in [1.165, 1.54) is 19.2 Å². The lowest BCUT2D eigenvalue weighted by Crippen LogP contribution is -2.11. The molecule has 1 aliphatic heterocycles. The van der Waals surface area contributed by atoms with Gasteiger partial charge in [-0.05, 0) is 18.6 Å². The number of hydrogen-bond acceptors (Lipinski definition) is 4. The molecule has 3 aromatic rings. The fourth-order valence-electron chi connectivity index (χ4n) is 3.57. The molecule has 4 rings (SSSR count). The van der Waals surface area contributed by atoms with E-state index in [2.05, 4.69) is 4.98 Å². The van der Waals surface area contributed by atoms with Gasteiger partial charge in [-0.15, -0.1) is 0 Å². The van der Waals surface area contributed by atoms with Crippen LogP contribution in [0.5, 0.6) is 5.75 Å². The van der Waals surface area contributed by atoms with E-state index in [1.807, 2.05) is 34.9 Å². The Morgan fingerprint density at radius 1 is 1.19 bits per heavy atom. The molecule has 2 aromatic carbocycles. The second-order valence-electron chi connectivity index (χ2n) is 6.62. The smallest absolute Gasteiger partial charge is 0.152 e. The molecule has 1 aliphatic rings. The largest absolute Gasteiger partial charge is 0.496 e. The topological polar surface area (TPSA) is 61.2 Å². The summed E-state index contributed by atoms with van der Waals surface area (Å²) in [7, 11) is -1.57. The number of nitrogens with zero attached hydrogens (tertiary/aromatic N) is 2. The minimum Gasteiger partial charge on any atom is -0.496 e. The lowest BCUT2D eigenvalue weighted by atomic mass is 10.0. The number of methoxy groups -OCH3 is 1. The Balaban J connectivity index is 1.93. The molecular formula is C20H19FN2O3S. The molecule has 27 heavy (non-hydrogen) atoms. The third kappa shape index (κ3) is 3.35. The van der Waals surface area contributed by atoms with Crippen LogP contribution in [0.3, 0.4) is 0 Å². The fraction of sp³-hybridized carbons (Fsp3) is 0.250. The number of aromatic nitrogens is 2. The second-order valence-corrected chi connectivity index (χ2v) is 8.85. The van der Waals surface area contributed by atoms with Gasteiger partial charge in [-0.1, -0.05) is 30.3 Å². The van der Waals surface area contributed by atoms with Crippen molar-refractivity contribution in [3.8, 4) is 28.3 Å². The number of halogens is 1. The SMILES string of the molecule is COc1cc(F)ccc1-c1c(-c2ccccc2)ncn1[C@@H]1CCS(=O)(=O)C1. The summed E-state index contributed by atoms with van der Waals surface area (Å²) < 4.78 is 45.0. The summed E-state index contributed by atoms with van der Waals surface area (Å²) in [5, 5.41) is 0. The zero-order valence-corrected chi connectivity index (χ0v) is 15.6. The fourth-order valence-corrected chi connectivity index (χ4v) is 5.28. The number of rotatable bonds is 4.